The van der Waals surface area contributed by atoms with Crippen molar-refractivity contribution < 1.29 is 0 Å². The van der Waals surface area contributed by atoms with Gasteiger partial charge in [0.25, 0.3) is 0 Å². The molecule has 0 saturated heterocycles. The number of nitrogens with zero attached hydrogens (tertiary/aromatic N) is 1. The maximum atomic E-state index is 2.49. The summed E-state index contributed by atoms with van der Waals surface area (Å²) in [4.78, 5) is 2.48. The van der Waals surface area contributed by atoms with Gasteiger partial charge in [-0.1, -0.05) is 141 Å². The highest BCUT2D eigenvalue weighted by molar-refractivity contribution is 6.16. The van der Waals surface area contributed by atoms with Crippen molar-refractivity contribution in [3.63, 3.8) is 0 Å². The lowest BCUT2D eigenvalue weighted by atomic mass is 9.70. The van der Waals surface area contributed by atoms with Crippen LogP contribution in [0, 0.1) is 0 Å². The highest BCUT2D eigenvalue weighted by Gasteiger charge is 2.51. The summed E-state index contributed by atoms with van der Waals surface area (Å²) in [5.41, 5.74) is 16.6. The zero-order chi connectivity index (χ0) is 32.5. The third-order valence-electron chi connectivity index (χ3n) is 11.8. The summed E-state index contributed by atoms with van der Waals surface area (Å²) < 4.78 is 0. The van der Waals surface area contributed by atoms with Gasteiger partial charge in [-0.25, -0.2) is 0 Å². The molecule has 0 aromatic heterocycles. The van der Waals surface area contributed by atoms with E-state index >= 15 is 0 Å². The number of para-hydroxylation sites is 1. The fourth-order valence-electron chi connectivity index (χ4n) is 9.76. The normalized spacial score (nSPS) is 15.1. The Morgan fingerprint density at radius 2 is 0.878 bits per heavy atom. The molecular formula is C48H33N. The molecule has 0 atom stereocenters. The molecule has 0 radical (unpaired) electrons. The van der Waals surface area contributed by atoms with Crippen LogP contribution in [0.15, 0.2) is 164 Å². The van der Waals surface area contributed by atoms with Crippen LogP contribution in [-0.2, 0) is 10.8 Å². The smallest absolute Gasteiger partial charge is 0.0726 e. The fourth-order valence-corrected chi connectivity index (χ4v) is 9.76. The average molecular weight is 624 g/mol. The Balaban J connectivity index is 1.20. The van der Waals surface area contributed by atoms with Crippen LogP contribution in [0.1, 0.15) is 47.2 Å². The van der Waals surface area contributed by atoms with Crippen molar-refractivity contribution in [3.05, 3.63) is 197 Å². The summed E-state index contributed by atoms with van der Waals surface area (Å²) in [5.74, 6) is 0. The van der Waals surface area contributed by atoms with E-state index in [4.69, 9.17) is 0 Å². The van der Waals surface area contributed by atoms with Gasteiger partial charge < -0.3 is 4.90 Å². The number of hydrogen-bond donors (Lipinski definition) is 0. The number of hydrogen-bond acceptors (Lipinski definition) is 1. The monoisotopic (exact) mass is 623 g/mol. The van der Waals surface area contributed by atoms with Crippen molar-refractivity contribution in [1.29, 1.82) is 0 Å². The molecule has 0 heterocycles. The van der Waals surface area contributed by atoms with Gasteiger partial charge in [-0.2, -0.15) is 0 Å². The van der Waals surface area contributed by atoms with Gasteiger partial charge in [0, 0.05) is 22.5 Å². The summed E-state index contributed by atoms with van der Waals surface area (Å²) in [6.07, 6.45) is 0. The molecule has 0 amide bonds. The van der Waals surface area contributed by atoms with Crippen LogP contribution < -0.4 is 4.90 Å². The van der Waals surface area contributed by atoms with Gasteiger partial charge >= 0.3 is 0 Å². The molecule has 3 aliphatic carbocycles. The Hall–Kier alpha value is -5.92. The Labute approximate surface area is 286 Å². The molecule has 11 rings (SSSR count). The van der Waals surface area contributed by atoms with Gasteiger partial charge in [-0.3, -0.25) is 0 Å². The zero-order valence-corrected chi connectivity index (χ0v) is 27.5. The van der Waals surface area contributed by atoms with Crippen LogP contribution in [-0.4, -0.2) is 0 Å². The van der Waals surface area contributed by atoms with Crippen molar-refractivity contribution in [2.75, 3.05) is 4.90 Å². The molecule has 230 valence electrons. The second-order valence-electron chi connectivity index (χ2n) is 14.5. The molecule has 0 unspecified atom stereocenters. The van der Waals surface area contributed by atoms with Crippen LogP contribution in [0.2, 0.25) is 0 Å². The van der Waals surface area contributed by atoms with Gasteiger partial charge in [-0.05, 0) is 114 Å². The molecule has 0 saturated carbocycles. The summed E-state index contributed by atoms with van der Waals surface area (Å²) >= 11 is 0. The van der Waals surface area contributed by atoms with Crippen molar-refractivity contribution in [3.8, 4) is 22.3 Å². The van der Waals surface area contributed by atoms with Crippen molar-refractivity contribution in [2.45, 2.75) is 24.7 Å². The lowest BCUT2D eigenvalue weighted by molar-refractivity contribution is 0.663. The summed E-state index contributed by atoms with van der Waals surface area (Å²) in [7, 11) is 0. The van der Waals surface area contributed by atoms with E-state index in [2.05, 4.69) is 183 Å². The van der Waals surface area contributed by atoms with Crippen LogP contribution in [0.25, 0.3) is 43.8 Å². The first-order valence-electron chi connectivity index (χ1n) is 17.4. The molecule has 1 spiro atoms. The molecule has 0 N–H and O–H groups in total. The Morgan fingerprint density at radius 1 is 0.347 bits per heavy atom. The first-order valence-corrected chi connectivity index (χ1v) is 17.4. The Kier molecular flexibility index (Phi) is 5.17. The molecule has 0 aliphatic heterocycles. The number of rotatable bonds is 3. The standard InChI is InChI=1S/C48H33N/c1-47(2)42-22-12-13-30-23-24-31-27-34(29-44(47)46(31)45(30)42)49(32-14-4-3-5-15-32)33-25-26-38-37-18-8-11-21-41(37)48(43(38)28-33)39-19-9-6-16-35(39)36-17-7-10-20-40(36)48/h3-29H,1-2H3. The summed E-state index contributed by atoms with van der Waals surface area (Å²) in [6, 6.07) is 61.6. The highest BCUT2D eigenvalue weighted by atomic mass is 15.1. The van der Waals surface area contributed by atoms with E-state index in [0.717, 1.165) is 5.69 Å². The minimum Gasteiger partial charge on any atom is -0.310 e. The zero-order valence-electron chi connectivity index (χ0n) is 27.5. The minimum absolute atomic E-state index is 0.0965. The Bertz CT molecular complexity index is 2630. The third-order valence-corrected chi connectivity index (χ3v) is 11.8. The number of fused-ring (bicyclic) bond motifs is 10. The second-order valence-corrected chi connectivity index (χ2v) is 14.5. The molecule has 49 heavy (non-hydrogen) atoms. The van der Waals surface area contributed by atoms with E-state index in [1.165, 1.54) is 88.6 Å². The topological polar surface area (TPSA) is 3.24 Å². The van der Waals surface area contributed by atoms with Crippen LogP contribution in [0.3, 0.4) is 0 Å². The third kappa shape index (κ3) is 3.30. The van der Waals surface area contributed by atoms with Crippen LogP contribution >= 0.6 is 0 Å². The molecule has 0 bridgehead atoms. The summed E-state index contributed by atoms with van der Waals surface area (Å²) in [5, 5.41) is 5.43. The minimum atomic E-state index is -0.385. The fraction of sp³-hybridized carbons (Fsp3) is 0.0833. The molecular weight excluding hydrogens is 591 g/mol. The SMILES string of the molecule is CC1(C)c2cccc3ccc4cc(N(c5ccccc5)c5ccc6c(c5)C5(c7ccccc7-c7ccccc75)c5ccccc5-6)cc1c4c23. The van der Waals surface area contributed by atoms with Gasteiger partial charge in [0.05, 0.1) is 5.41 Å². The van der Waals surface area contributed by atoms with E-state index in [0.29, 0.717) is 0 Å². The first-order chi connectivity index (χ1) is 24.1. The quantitative estimate of drug-likeness (QED) is 0.177. The van der Waals surface area contributed by atoms with Crippen LogP contribution in [0.4, 0.5) is 17.1 Å². The Morgan fingerprint density at radius 3 is 1.55 bits per heavy atom. The lowest BCUT2D eigenvalue weighted by Crippen LogP contribution is -2.26. The average Bonchev–Trinajstić information content (AvgIpc) is 3.71. The number of anilines is 3. The first kappa shape index (κ1) is 27.1. The predicted octanol–water partition coefficient (Wildman–Crippen LogP) is 12.4. The molecule has 8 aromatic carbocycles. The van der Waals surface area contributed by atoms with Gasteiger partial charge in [0.15, 0.2) is 0 Å². The van der Waals surface area contributed by atoms with E-state index in [-0.39, 0.29) is 10.8 Å². The molecule has 3 aliphatic rings. The molecule has 1 nitrogen and oxygen atoms in total. The van der Waals surface area contributed by atoms with Crippen molar-refractivity contribution in [2.24, 2.45) is 0 Å². The van der Waals surface area contributed by atoms with E-state index in [1.807, 2.05) is 0 Å². The van der Waals surface area contributed by atoms with E-state index < -0.39 is 0 Å². The van der Waals surface area contributed by atoms with E-state index in [9.17, 15) is 0 Å². The molecule has 0 fully saturated rings. The maximum absolute atomic E-state index is 2.49. The molecule has 1 heteroatoms. The van der Waals surface area contributed by atoms with E-state index in [1.54, 1.807) is 0 Å². The van der Waals surface area contributed by atoms with Gasteiger partial charge in [-0.15, -0.1) is 0 Å². The van der Waals surface area contributed by atoms with Gasteiger partial charge in [0.1, 0.15) is 0 Å². The number of benzene rings is 8. The lowest BCUT2D eigenvalue weighted by Gasteiger charge is -2.32. The van der Waals surface area contributed by atoms with Crippen molar-refractivity contribution >= 4 is 38.6 Å². The summed E-state index contributed by atoms with van der Waals surface area (Å²) in [6.45, 7) is 4.77. The predicted molar refractivity (Wildman–Crippen MR) is 205 cm³/mol. The second kappa shape index (κ2) is 9.36. The van der Waals surface area contributed by atoms with Crippen LogP contribution in [0.5, 0.6) is 0 Å². The van der Waals surface area contributed by atoms with Crippen molar-refractivity contribution in [1.82, 2.24) is 0 Å². The maximum Gasteiger partial charge on any atom is 0.0726 e. The largest absolute Gasteiger partial charge is 0.310 e. The van der Waals surface area contributed by atoms with Gasteiger partial charge in [0.2, 0.25) is 0 Å². The highest BCUT2D eigenvalue weighted by Crippen LogP contribution is 2.63. The molecule has 8 aromatic rings.